The van der Waals surface area contributed by atoms with Gasteiger partial charge in [-0.25, -0.2) is 9.97 Å². The van der Waals surface area contributed by atoms with Crippen molar-refractivity contribution >= 4 is 29.0 Å². The van der Waals surface area contributed by atoms with Crippen LogP contribution >= 0.6 is 0 Å². The molecule has 170 valence electrons. The Kier molecular flexibility index (Phi) is 6.83. The maximum Gasteiger partial charge on any atom is 0.246 e. The highest BCUT2D eigenvalue weighted by molar-refractivity contribution is 6.14. The number of hydrogen-bond acceptors (Lipinski definition) is 7. The fraction of sp³-hybridized carbons (Fsp3) is 0.280. The van der Waals surface area contributed by atoms with E-state index < -0.39 is 0 Å². The molecule has 2 heterocycles. The van der Waals surface area contributed by atoms with E-state index in [0.29, 0.717) is 24.5 Å². The molecule has 1 aromatic carbocycles. The number of nitrogens with two attached hydrogens (primary N) is 1. The normalized spacial score (nSPS) is 17.8. The van der Waals surface area contributed by atoms with Gasteiger partial charge < -0.3 is 21.3 Å². The Morgan fingerprint density at radius 2 is 2.00 bits per heavy atom. The van der Waals surface area contributed by atoms with Gasteiger partial charge in [-0.05, 0) is 62.1 Å². The van der Waals surface area contributed by atoms with Gasteiger partial charge in [0.1, 0.15) is 23.5 Å². The number of hydrogen-bond donors (Lipinski definition) is 3. The molecule has 1 atom stereocenters. The van der Waals surface area contributed by atoms with Gasteiger partial charge in [0.15, 0.2) is 5.78 Å². The zero-order valence-corrected chi connectivity index (χ0v) is 18.5. The Morgan fingerprint density at radius 1 is 1.18 bits per heavy atom. The van der Waals surface area contributed by atoms with Crippen molar-refractivity contribution < 1.29 is 9.59 Å². The minimum absolute atomic E-state index is 0.0492. The molecule has 1 fully saturated rings. The number of nitrogen functional groups attached to an aromatic ring is 1. The van der Waals surface area contributed by atoms with Crippen molar-refractivity contribution in [3.8, 4) is 0 Å². The monoisotopic (exact) mass is 444 g/mol. The Bertz CT molecular complexity index is 1110. The topological polar surface area (TPSA) is 113 Å². The number of allylic oxidation sites excluding steroid dienone is 3. The van der Waals surface area contributed by atoms with Gasteiger partial charge in [0, 0.05) is 36.1 Å². The third-order valence-corrected chi connectivity index (χ3v) is 5.78. The fourth-order valence-corrected chi connectivity index (χ4v) is 4.07. The molecule has 0 spiro atoms. The maximum absolute atomic E-state index is 13.3. The van der Waals surface area contributed by atoms with Crippen LogP contribution in [0.15, 0.2) is 67.2 Å². The molecule has 8 nitrogen and oxygen atoms in total. The minimum atomic E-state index is -0.256. The predicted molar refractivity (Wildman–Crippen MR) is 130 cm³/mol. The van der Waals surface area contributed by atoms with E-state index in [1.54, 1.807) is 17.0 Å². The van der Waals surface area contributed by atoms with Crippen molar-refractivity contribution in [2.24, 2.45) is 0 Å². The second-order valence-corrected chi connectivity index (χ2v) is 8.13. The second-order valence-electron chi connectivity index (χ2n) is 8.13. The van der Waals surface area contributed by atoms with E-state index in [1.807, 2.05) is 12.1 Å². The van der Waals surface area contributed by atoms with E-state index in [2.05, 4.69) is 45.4 Å². The Hall–Kier alpha value is -3.94. The summed E-state index contributed by atoms with van der Waals surface area (Å²) in [6, 6.07) is 7.21. The van der Waals surface area contributed by atoms with Crippen molar-refractivity contribution in [3.05, 3.63) is 78.3 Å². The van der Waals surface area contributed by atoms with Gasteiger partial charge in [0.2, 0.25) is 5.91 Å². The summed E-state index contributed by atoms with van der Waals surface area (Å²) >= 11 is 0. The highest BCUT2D eigenvalue weighted by Gasteiger charge is 2.25. The van der Waals surface area contributed by atoms with Crippen LogP contribution < -0.4 is 16.4 Å². The lowest BCUT2D eigenvalue weighted by Crippen LogP contribution is -2.44. The lowest BCUT2D eigenvalue weighted by Gasteiger charge is -2.33. The highest BCUT2D eigenvalue weighted by Crippen LogP contribution is 2.25. The summed E-state index contributed by atoms with van der Waals surface area (Å²) in [6.45, 7) is 4.76. The summed E-state index contributed by atoms with van der Waals surface area (Å²) in [6.07, 6.45) is 12.8. The first-order valence-corrected chi connectivity index (χ1v) is 11.1. The summed E-state index contributed by atoms with van der Waals surface area (Å²) in [5.74, 6) is 0.138. The SMILES string of the molecule is C=CC(=O)N1CCCC(Nc2ncnc(N)c2C(=O)c2ccc(NC3=CCCC=C3)cc2)C1. The first kappa shape index (κ1) is 22.3. The Morgan fingerprint density at radius 3 is 2.73 bits per heavy atom. The molecule has 4 rings (SSSR count). The molecule has 0 radical (unpaired) electrons. The van der Waals surface area contributed by atoms with Crippen molar-refractivity contribution in [2.75, 3.05) is 29.5 Å². The van der Waals surface area contributed by atoms with Gasteiger partial charge >= 0.3 is 0 Å². The molecule has 1 unspecified atom stereocenters. The largest absolute Gasteiger partial charge is 0.383 e. The molecular weight excluding hydrogens is 416 g/mol. The van der Waals surface area contributed by atoms with Gasteiger partial charge in [0.05, 0.1) is 0 Å². The molecule has 4 N–H and O–H groups in total. The summed E-state index contributed by atoms with van der Waals surface area (Å²) in [5.41, 5.74) is 8.77. The molecule has 1 aliphatic carbocycles. The number of piperidine rings is 1. The number of nitrogens with zero attached hydrogens (tertiary/aromatic N) is 3. The van der Waals surface area contributed by atoms with Gasteiger partial charge in [-0.1, -0.05) is 18.7 Å². The van der Waals surface area contributed by atoms with Crippen molar-refractivity contribution in [2.45, 2.75) is 31.7 Å². The van der Waals surface area contributed by atoms with Crippen LogP contribution in [0.1, 0.15) is 41.6 Å². The molecule has 1 aliphatic heterocycles. The van der Waals surface area contributed by atoms with Crippen LogP contribution in [0, 0.1) is 0 Å². The van der Waals surface area contributed by atoms with E-state index in [1.165, 1.54) is 12.4 Å². The molecule has 8 heteroatoms. The zero-order valence-electron chi connectivity index (χ0n) is 18.5. The lowest BCUT2D eigenvalue weighted by atomic mass is 10.0. The van der Waals surface area contributed by atoms with Gasteiger partial charge in [-0.3, -0.25) is 9.59 Å². The Balaban J connectivity index is 1.51. The standard InChI is InChI=1S/C25H28N6O2/c1-2-21(32)31-14-6-9-20(15-31)30-25-22(24(26)27-16-28-25)23(33)17-10-12-19(13-11-17)29-18-7-4-3-5-8-18/h2,4,7-8,10-13,16,20,29H,1,3,5-6,9,14-15H2,(H3,26,27,28,30). The average Bonchev–Trinajstić information content (AvgIpc) is 2.84. The molecule has 0 bridgehead atoms. The number of carbonyl (C=O) groups excluding carboxylic acids is 2. The number of amides is 1. The fourth-order valence-electron chi connectivity index (χ4n) is 4.07. The molecule has 1 amide bonds. The number of aromatic nitrogens is 2. The highest BCUT2D eigenvalue weighted by atomic mass is 16.2. The molecule has 0 saturated carbocycles. The van der Waals surface area contributed by atoms with Crippen molar-refractivity contribution in [1.82, 2.24) is 14.9 Å². The van der Waals surface area contributed by atoms with Crippen LogP contribution in [-0.2, 0) is 4.79 Å². The first-order chi connectivity index (χ1) is 16.0. The van der Waals surface area contributed by atoms with Crippen molar-refractivity contribution in [3.63, 3.8) is 0 Å². The smallest absolute Gasteiger partial charge is 0.246 e. The van der Waals surface area contributed by atoms with Crippen LogP contribution in [0.5, 0.6) is 0 Å². The Labute approximate surface area is 193 Å². The van der Waals surface area contributed by atoms with E-state index in [0.717, 1.165) is 37.1 Å². The van der Waals surface area contributed by atoms with Crippen LogP contribution in [0.2, 0.25) is 0 Å². The third kappa shape index (κ3) is 5.28. The number of benzene rings is 1. The van der Waals surface area contributed by atoms with E-state index in [-0.39, 0.29) is 29.1 Å². The summed E-state index contributed by atoms with van der Waals surface area (Å²) in [7, 11) is 0. The average molecular weight is 445 g/mol. The summed E-state index contributed by atoms with van der Waals surface area (Å²) < 4.78 is 0. The van der Waals surface area contributed by atoms with Gasteiger partial charge in [0.25, 0.3) is 0 Å². The van der Waals surface area contributed by atoms with Crippen LogP contribution in [0.3, 0.4) is 0 Å². The maximum atomic E-state index is 13.3. The number of ketones is 1. The lowest BCUT2D eigenvalue weighted by molar-refractivity contribution is -0.127. The van der Waals surface area contributed by atoms with E-state index in [9.17, 15) is 9.59 Å². The molecule has 33 heavy (non-hydrogen) atoms. The molecule has 1 saturated heterocycles. The zero-order chi connectivity index (χ0) is 23.2. The van der Waals surface area contributed by atoms with Gasteiger partial charge in [-0.15, -0.1) is 0 Å². The quantitative estimate of drug-likeness (QED) is 0.442. The second kappa shape index (κ2) is 10.1. The predicted octanol–water partition coefficient (Wildman–Crippen LogP) is 3.52. The molecular formula is C25H28N6O2. The van der Waals surface area contributed by atoms with Crippen LogP contribution in [0.25, 0.3) is 0 Å². The number of rotatable bonds is 7. The number of anilines is 3. The number of nitrogens with one attached hydrogen (secondary N) is 2. The minimum Gasteiger partial charge on any atom is -0.383 e. The van der Waals surface area contributed by atoms with Crippen LogP contribution in [-0.4, -0.2) is 45.7 Å². The number of carbonyl (C=O) groups is 2. The molecule has 1 aromatic heterocycles. The third-order valence-electron chi connectivity index (χ3n) is 5.78. The van der Waals surface area contributed by atoms with E-state index in [4.69, 9.17) is 5.73 Å². The summed E-state index contributed by atoms with van der Waals surface area (Å²) in [4.78, 5) is 35.4. The number of likely N-dealkylation sites (tertiary alicyclic amines) is 1. The molecule has 2 aromatic rings. The summed E-state index contributed by atoms with van der Waals surface area (Å²) in [5, 5.41) is 6.65. The van der Waals surface area contributed by atoms with Crippen molar-refractivity contribution in [1.29, 1.82) is 0 Å². The van der Waals surface area contributed by atoms with Crippen LogP contribution in [0.4, 0.5) is 17.3 Å². The first-order valence-electron chi connectivity index (χ1n) is 11.1. The molecule has 2 aliphatic rings. The van der Waals surface area contributed by atoms with E-state index >= 15 is 0 Å². The van der Waals surface area contributed by atoms with Gasteiger partial charge in [-0.2, -0.15) is 0 Å².